The molecule has 0 aliphatic heterocycles. The predicted octanol–water partition coefficient (Wildman–Crippen LogP) is 2.27. The van der Waals surface area contributed by atoms with Gasteiger partial charge in [0.1, 0.15) is 5.75 Å². The van der Waals surface area contributed by atoms with Gasteiger partial charge in [-0.2, -0.15) is 0 Å². The summed E-state index contributed by atoms with van der Waals surface area (Å²) in [7, 11) is 0. The molecule has 0 saturated heterocycles. The molecule has 0 radical (unpaired) electrons. The Hall–Kier alpha value is -1.55. The van der Waals surface area contributed by atoms with E-state index < -0.39 is 0 Å². The largest absolute Gasteiger partial charge is 0.491 e. The number of carbonyl (C=O) groups excluding carboxylic acids is 1. The smallest absolute Gasteiger partial charge is 0.221 e. The Morgan fingerprint density at radius 3 is 2.78 bits per heavy atom. The van der Waals surface area contributed by atoms with Crippen LogP contribution in [0.5, 0.6) is 5.75 Å². The van der Waals surface area contributed by atoms with Crippen LogP contribution in [0.2, 0.25) is 0 Å². The molecular weight excluding hydrogens is 228 g/mol. The molecule has 1 amide bonds. The van der Waals surface area contributed by atoms with Gasteiger partial charge in [-0.3, -0.25) is 4.79 Å². The normalized spacial score (nSPS) is 11.9. The average molecular weight is 250 g/mol. The zero-order valence-corrected chi connectivity index (χ0v) is 11.3. The van der Waals surface area contributed by atoms with Crippen molar-refractivity contribution in [1.82, 2.24) is 5.32 Å². The molecule has 1 aromatic carbocycles. The summed E-state index contributed by atoms with van der Waals surface area (Å²) in [5.41, 5.74) is 0.723. The van der Waals surface area contributed by atoms with E-state index >= 15 is 0 Å². The molecule has 18 heavy (non-hydrogen) atoms. The summed E-state index contributed by atoms with van der Waals surface area (Å²) >= 11 is 0. The summed E-state index contributed by atoms with van der Waals surface area (Å²) in [5.74, 6) is 1.05. The highest BCUT2D eigenvalue weighted by Gasteiger charge is 2.07. The molecule has 1 unspecified atom stereocenters. The van der Waals surface area contributed by atoms with Crippen molar-refractivity contribution in [2.75, 3.05) is 25.0 Å². The van der Waals surface area contributed by atoms with Crippen molar-refractivity contribution in [2.24, 2.45) is 5.92 Å². The highest BCUT2D eigenvalue weighted by atomic mass is 16.5. The average Bonchev–Trinajstić information content (AvgIpc) is 2.34. The monoisotopic (exact) mass is 250 g/mol. The quantitative estimate of drug-likeness (QED) is 0.780. The fraction of sp³-hybridized carbons (Fsp3) is 0.500. The predicted molar refractivity (Wildman–Crippen MR) is 73.9 cm³/mol. The van der Waals surface area contributed by atoms with Gasteiger partial charge in [-0.05, 0) is 18.7 Å². The van der Waals surface area contributed by atoms with Crippen molar-refractivity contribution in [3.05, 3.63) is 24.3 Å². The first-order valence-corrected chi connectivity index (χ1v) is 6.33. The second kappa shape index (κ2) is 7.71. The van der Waals surface area contributed by atoms with Crippen molar-refractivity contribution >= 4 is 11.6 Å². The Bertz CT molecular complexity index is 380. The van der Waals surface area contributed by atoms with Crippen molar-refractivity contribution in [3.8, 4) is 5.75 Å². The molecule has 1 atom stereocenters. The van der Waals surface area contributed by atoms with Crippen LogP contribution in [0.1, 0.15) is 20.8 Å². The lowest BCUT2D eigenvalue weighted by Gasteiger charge is -2.15. The summed E-state index contributed by atoms with van der Waals surface area (Å²) in [5, 5.41) is 6.04. The maximum Gasteiger partial charge on any atom is 0.221 e. The van der Waals surface area contributed by atoms with Crippen molar-refractivity contribution in [1.29, 1.82) is 0 Å². The fourth-order valence-electron chi connectivity index (χ4n) is 1.57. The maximum atomic E-state index is 11.1. The van der Waals surface area contributed by atoms with Gasteiger partial charge in [0.2, 0.25) is 5.91 Å². The molecule has 0 heterocycles. The molecular formula is C14H22N2O2. The molecule has 0 aliphatic rings. The minimum atomic E-state index is -0.0910. The topological polar surface area (TPSA) is 50.4 Å². The van der Waals surface area contributed by atoms with Crippen LogP contribution in [0.15, 0.2) is 24.3 Å². The molecule has 2 N–H and O–H groups in total. The Labute approximate surface area is 109 Å². The van der Waals surface area contributed by atoms with Crippen molar-refractivity contribution in [3.63, 3.8) is 0 Å². The van der Waals surface area contributed by atoms with Gasteiger partial charge in [0, 0.05) is 19.4 Å². The molecule has 0 saturated carbocycles. The Morgan fingerprint density at radius 1 is 1.39 bits per heavy atom. The van der Waals surface area contributed by atoms with Gasteiger partial charge < -0.3 is 15.4 Å². The summed E-state index contributed by atoms with van der Waals surface area (Å²) in [4.78, 5) is 11.1. The summed E-state index contributed by atoms with van der Waals surface area (Å²) in [6, 6.07) is 7.48. The Balaban J connectivity index is 2.53. The SMILES string of the molecule is CCNCC(C)COc1ccccc1NC(C)=O. The van der Waals surface area contributed by atoms with Crippen LogP contribution in [0.3, 0.4) is 0 Å². The number of nitrogens with one attached hydrogen (secondary N) is 2. The third-order valence-electron chi connectivity index (χ3n) is 2.46. The number of anilines is 1. The first-order valence-electron chi connectivity index (χ1n) is 6.33. The second-order valence-electron chi connectivity index (χ2n) is 4.40. The van der Waals surface area contributed by atoms with Crippen LogP contribution >= 0.6 is 0 Å². The molecule has 4 heteroatoms. The van der Waals surface area contributed by atoms with Crippen LogP contribution in [-0.2, 0) is 4.79 Å². The first-order chi connectivity index (χ1) is 8.63. The number of ether oxygens (including phenoxy) is 1. The highest BCUT2D eigenvalue weighted by molar-refractivity contribution is 5.90. The van der Waals surface area contributed by atoms with E-state index in [1.54, 1.807) is 0 Å². The van der Waals surface area contributed by atoms with Crippen molar-refractivity contribution < 1.29 is 9.53 Å². The van der Waals surface area contributed by atoms with E-state index in [1.165, 1.54) is 6.92 Å². The van der Waals surface area contributed by atoms with E-state index in [9.17, 15) is 4.79 Å². The van der Waals surface area contributed by atoms with E-state index in [0.717, 1.165) is 24.5 Å². The summed E-state index contributed by atoms with van der Waals surface area (Å²) < 4.78 is 5.74. The first kappa shape index (κ1) is 14.5. The van der Waals surface area contributed by atoms with Gasteiger partial charge in [0.05, 0.1) is 12.3 Å². The number of rotatable bonds is 7. The van der Waals surface area contributed by atoms with E-state index in [4.69, 9.17) is 4.74 Å². The fourth-order valence-corrected chi connectivity index (χ4v) is 1.57. The second-order valence-corrected chi connectivity index (χ2v) is 4.40. The van der Waals surface area contributed by atoms with Gasteiger partial charge in [-0.25, -0.2) is 0 Å². The lowest BCUT2D eigenvalue weighted by Crippen LogP contribution is -2.24. The van der Waals surface area contributed by atoms with Crippen LogP contribution in [0.25, 0.3) is 0 Å². The summed E-state index contributed by atoms with van der Waals surface area (Å²) in [6.45, 7) is 8.23. The van der Waals surface area contributed by atoms with Crippen molar-refractivity contribution in [2.45, 2.75) is 20.8 Å². The lowest BCUT2D eigenvalue weighted by atomic mass is 10.2. The van der Waals surface area contributed by atoms with Gasteiger partial charge in [-0.1, -0.05) is 26.0 Å². The number of amides is 1. The third kappa shape index (κ3) is 5.19. The number of benzene rings is 1. The van der Waals surface area contributed by atoms with Crippen LogP contribution < -0.4 is 15.4 Å². The molecule has 1 aromatic rings. The van der Waals surface area contributed by atoms with Gasteiger partial charge in [-0.15, -0.1) is 0 Å². The number of carbonyl (C=O) groups is 1. The molecule has 100 valence electrons. The molecule has 4 nitrogen and oxygen atoms in total. The van der Waals surface area contributed by atoms with Gasteiger partial charge >= 0.3 is 0 Å². The van der Waals surface area contributed by atoms with Crippen LogP contribution in [0.4, 0.5) is 5.69 Å². The highest BCUT2D eigenvalue weighted by Crippen LogP contribution is 2.24. The third-order valence-corrected chi connectivity index (χ3v) is 2.46. The van der Waals surface area contributed by atoms with E-state index in [-0.39, 0.29) is 5.91 Å². The molecule has 1 rings (SSSR count). The Kier molecular flexibility index (Phi) is 6.22. The molecule has 0 aliphatic carbocycles. The number of hydrogen-bond donors (Lipinski definition) is 2. The molecule has 0 spiro atoms. The maximum absolute atomic E-state index is 11.1. The number of hydrogen-bond acceptors (Lipinski definition) is 3. The number of para-hydroxylation sites is 2. The van der Waals surface area contributed by atoms with E-state index in [1.807, 2.05) is 24.3 Å². The molecule has 0 aromatic heterocycles. The van der Waals surface area contributed by atoms with E-state index in [2.05, 4.69) is 24.5 Å². The van der Waals surface area contributed by atoms with E-state index in [0.29, 0.717) is 12.5 Å². The lowest BCUT2D eigenvalue weighted by molar-refractivity contribution is -0.114. The minimum Gasteiger partial charge on any atom is -0.491 e. The molecule has 0 fully saturated rings. The van der Waals surface area contributed by atoms with Crippen LogP contribution in [0, 0.1) is 5.92 Å². The summed E-state index contributed by atoms with van der Waals surface area (Å²) in [6.07, 6.45) is 0. The van der Waals surface area contributed by atoms with Crippen LogP contribution in [-0.4, -0.2) is 25.6 Å². The molecule has 0 bridgehead atoms. The zero-order valence-electron chi connectivity index (χ0n) is 11.3. The van der Waals surface area contributed by atoms with Gasteiger partial charge in [0.25, 0.3) is 0 Å². The standard InChI is InChI=1S/C14H22N2O2/c1-4-15-9-11(2)10-18-14-8-6-5-7-13(14)16-12(3)17/h5-8,11,15H,4,9-10H2,1-3H3,(H,16,17). The van der Waals surface area contributed by atoms with Gasteiger partial charge in [0.15, 0.2) is 0 Å². The Morgan fingerprint density at radius 2 is 2.11 bits per heavy atom. The minimum absolute atomic E-state index is 0.0910. The zero-order chi connectivity index (χ0) is 13.4.